The quantitative estimate of drug-likeness (QED) is 0.672. The maximum atomic E-state index is 6.19. The Kier molecular flexibility index (Phi) is 4.61. The summed E-state index contributed by atoms with van der Waals surface area (Å²) >= 11 is 0. The van der Waals surface area contributed by atoms with Crippen LogP contribution in [0.25, 0.3) is 0 Å². The Labute approximate surface area is 89.1 Å². The van der Waals surface area contributed by atoms with E-state index in [9.17, 15) is 0 Å². The second kappa shape index (κ2) is 5.28. The van der Waals surface area contributed by atoms with Gasteiger partial charge in [0.05, 0.1) is 12.2 Å². The van der Waals surface area contributed by atoms with Crippen LogP contribution in [0.4, 0.5) is 0 Å². The van der Waals surface area contributed by atoms with Gasteiger partial charge in [0.1, 0.15) is 0 Å². The molecule has 0 aromatic rings. The van der Waals surface area contributed by atoms with E-state index in [0.29, 0.717) is 12.2 Å². The molecule has 0 amide bonds. The molecule has 0 N–H and O–H groups in total. The first-order valence-corrected chi connectivity index (χ1v) is 9.00. The van der Waals surface area contributed by atoms with Gasteiger partial charge in [-0.3, -0.25) is 0 Å². The average molecular weight is 216 g/mol. The predicted molar refractivity (Wildman–Crippen MR) is 62.1 cm³/mol. The Morgan fingerprint density at radius 3 is 2.64 bits per heavy atom. The third-order valence-electron chi connectivity index (χ3n) is 2.94. The van der Waals surface area contributed by atoms with E-state index in [1.165, 1.54) is 18.9 Å². The molecular formula is C11H24O2Si. The highest BCUT2D eigenvalue weighted by Gasteiger charge is 2.34. The first-order valence-electron chi connectivity index (χ1n) is 5.88. The van der Waals surface area contributed by atoms with Crippen LogP contribution in [0, 0.1) is 0 Å². The normalized spacial score (nSPS) is 28.7. The highest BCUT2D eigenvalue weighted by Crippen LogP contribution is 2.29. The summed E-state index contributed by atoms with van der Waals surface area (Å²) in [6.07, 6.45) is 4.29. The molecule has 0 radical (unpaired) electrons. The highest BCUT2D eigenvalue weighted by molar-refractivity contribution is 6.71. The van der Waals surface area contributed by atoms with E-state index in [1.807, 2.05) is 0 Å². The van der Waals surface area contributed by atoms with Gasteiger partial charge in [-0.05, 0) is 38.9 Å². The van der Waals surface area contributed by atoms with Crippen molar-refractivity contribution in [3.63, 3.8) is 0 Å². The molecule has 2 atom stereocenters. The maximum absolute atomic E-state index is 6.19. The van der Waals surface area contributed by atoms with Crippen molar-refractivity contribution >= 4 is 8.32 Å². The zero-order chi connectivity index (χ0) is 10.6. The minimum Gasteiger partial charge on any atom is -0.412 e. The summed E-state index contributed by atoms with van der Waals surface area (Å²) in [6.45, 7) is 9.69. The molecule has 0 saturated carbocycles. The van der Waals surface area contributed by atoms with Crippen molar-refractivity contribution in [2.45, 2.75) is 64.5 Å². The fourth-order valence-corrected chi connectivity index (χ4v) is 4.48. The molecule has 14 heavy (non-hydrogen) atoms. The number of hydrogen-bond acceptors (Lipinski definition) is 2. The summed E-state index contributed by atoms with van der Waals surface area (Å²) in [6, 6.07) is 1.31. The Bertz CT molecular complexity index is 171. The monoisotopic (exact) mass is 216 g/mol. The Balaban J connectivity index is 2.49. The molecule has 1 saturated heterocycles. The highest BCUT2D eigenvalue weighted by atomic mass is 28.4. The van der Waals surface area contributed by atoms with Gasteiger partial charge in [0.15, 0.2) is 8.32 Å². The molecule has 0 bridgehead atoms. The number of ether oxygens (including phenoxy) is 1. The van der Waals surface area contributed by atoms with Crippen LogP contribution in [0.2, 0.25) is 19.1 Å². The van der Waals surface area contributed by atoms with Crippen LogP contribution in [0.5, 0.6) is 0 Å². The molecule has 3 heteroatoms. The molecule has 0 aromatic heterocycles. The Hall–Kier alpha value is 0.137. The van der Waals surface area contributed by atoms with Gasteiger partial charge in [-0.25, -0.2) is 0 Å². The molecule has 2 unspecified atom stereocenters. The summed E-state index contributed by atoms with van der Waals surface area (Å²) < 4.78 is 11.9. The van der Waals surface area contributed by atoms with E-state index in [4.69, 9.17) is 9.16 Å². The van der Waals surface area contributed by atoms with Gasteiger partial charge in [-0.15, -0.1) is 0 Å². The van der Waals surface area contributed by atoms with E-state index in [1.54, 1.807) is 0 Å². The van der Waals surface area contributed by atoms with Crippen LogP contribution >= 0.6 is 0 Å². The van der Waals surface area contributed by atoms with E-state index < -0.39 is 8.32 Å². The molecule has 1 aliphatic rings. The van der Waals surface area contributed by atoms with Crippen molar-refractivity contribution in [3.8, 4) is 0 Å². The van der Waals surface area contributed by atoms with Crippen molar-refractivity contribution in [3.05, 3.63) is 0 Å². The molecule has 0 spiro atoms. The molecule has 84 valence electrons. The fourth-order valence-electron chi connectivity index (χ4n) is 2.22. The molecular weight excluding hydrogens is 192 g/mol. The molecule has 0 aromatic carbocycles. The first kappa shape index (κ1) is 12.2. The lowest BCUT2D eigenvalue weighted by Gasteiger charge is -2.38. The zero-order valence-electron chi connectivity index (χ0n) is 10.0. The lowest BCUT2D eigenvalue weighted by molar-refractivity contribution is -0.0348. The van der Waals surface area contributed by atoms with Gasteiger partial charge < -0.3 is 9.16 Å². The fraction of sp³-hybridized carbons (Fsp3) is 1.00. The van der Waals surface area contributed by atoms with E-state index >= 15 is 0 Å². The Morgan fingerprint density at radius 2 is 2.14 bits per heavy atom. The van der Waals surface area contributed by atoms with Crippen LogP contribution in [0.3, 0.4) is 0 Å². The molecule has 1 fully saturated rings. The van der Waals surface area contributed by atoms with Gasteiger partial charge >= 0.3 is 0 Å². The van der Waals surface area contributed by atoms with Crippen molar-refractivity contribution < 1.29 is 9.16 Å². The van der Waals surface area contributed by atoms with Crippen LogP contribution in [0.15, 0.2) is 0 Å². The Morgan fingerprint density at radius 1 is 1.43 bits per heavy atom. The predicted octanol–water partition coefficient (Wildman–Crippen LogP) is 3.19. The van der Waals surface area contributed by atoms with Gasteiger partial charge in [0.2, 0.25) is 0 Å². The smallest absolute Gasteiger partial charge is 0.187 e. The topological polar surface area (TPSA) is 18.5 Å². The molecule has 1 heterocycles. The van der Waals surface area contributed by atoms with Crippen LogP contribution < -0.4 is 0 Å². The lowest BCUT2D eigenvalue weighted by Crippen LogP contribution is -2.45. The molecule has 0 aliphatic carbocycles. The number of hydrogen-bond donors (Lipinski definition) is 0. The second-order valence-corrected chi connectivity index (χ2v) is 8.97. The third-order valence-corrected chi connectivity index (χ3v) is 5.43. The minimum atomic E-state index is -1.34. The molecule has 1 rings (SSSR count). The van der Waals surface area contributed by atoms with Gasteiger partial charge in [0, 0.05) is 6.61 Å². The van der Waals surface area contributed by atoms with Gasteiger partial charge in [0.25, 0.3) is 0 Å². The van der Waals surface area contributed by atoms with E-state index in [0.717, 1.165) is 13.0 Å². The maximum Gasteiger partial charge on any atom is 0.187 e. The van der Waals surface area contributed by atoms with Crippen molar-refractivity contribution in [2.75, 3.05) is 6.61 Å². The summed E-state index contributed by atoms with van der Waals surface area (Å²) in [7, 11) is -1.34. The van der Waals surface area contributed by atoms with Crippen molar-refractivity contribution in [1.82, 2.24) is 0 Å². The standard InChI is InChI=1S/C11H24O2Si/c1-5-10(12-6-2)11-8-7-9-14(3,4)13-11/h10-11H,5-9H2,1-4H3. The summed E-state index contributed by atoms with van der Waals surface area (Å²) in [5, 5.41) is 0. The van der Waals surface area contributed by atoms with E-state index in [-0.39, 0.29) is 0 Å². The van der Waals surface area contributed by atoms with Crippen molar-refractivity contribution in [1.29, 1.82) is 0 Å². The zero-order valence-corrected chi connectivity index (χ0v) is 11.0. The average Bonchev–Trinajstić information content (AvgIpc) is 2.12. The third kappa shape index (κ3) is 3.37. The van der Waals surface area contributed by atoms with Crippen molar-refractivity contribution in [2.24, 2.45) is 0 Å². The van der Waals surface area contributed by atoms with Crippen LogP contribution in [-0.2, 0) is 9.16 Å². The minimum absolute atomic E-state index is 0.326. The second-order valence-electron chi connectivity index (χ2n) is 4.71. The first-order chi connectivity index (χ1) is 6.59. The summed E-state index contributed by atoms with van der Waals surface area (Å²) in [5.74, 6) is 0. The molecule has 2 nitrogen and oxygen atoms in total. The van der Waals surface area contributed by atoms with E-state index in [2.05, 4.69) is 26.9 Å². The summed E-state index contributed by atoms with van der Waals surface area (Å²) in [5.41, 5.74) is 0. The largest absolute Gasteiger partial charge is 0.412 e. The molecule has 1 aliphatic heterocycles. The van der Waals surface area contributed by atoms with Crippen LogP contribution in [0.1, 0.15) is 33.1 Å². The SMILES string of the molecule is CCOC(CC)C1CCC[Si](C)(C)O1. The number of rotatable bonds is 4. The lowest BCUT2D eigenvalue weighted by atomic mass is 10.1. The summed E-state index contributed by atoms with van der Waals surface area (Å²) in [4.78, 5) is 0. The van der Waals surface area contributed by atoms with Gasteiger partial charge in [-0.1, -0.05) is 13.3 Å². The van der Waals surface area contributed by atoms with Gasteiger partial charge in [-0.2, -0.15) is 0 Å². The van der Waals surface area contributed by atoms with Crippen LogP contribution in [-0.4, -0.2) is 27.1 Å².